The lowest BCUT2D eigenvalue weighted by Crippen LogP contribution is -2.13. The van der Waals surface area contributed by atoms with Crippen LogP contribution >= 0.6 is 0 Å². The molecular formula is C34H46N2O. The molecule has 1 aromatic heterocycles. The van der Waals surface area contributed by atoms with Gasteiger partial charge in [-0.2, -0.15) is 4.98 Å². The van der Waals surface area contributed by atoms with Crippen LogP contribution in [0, 0.1) is 5.92 Å². The molecule has 0 bridgehead atoms. The summed E-state index contributed by atoms with van der Waals surface area (Å²) in [6.07, 6.45) is 22.7. The maximum absolute atomic E-state index is 5.50. The summed E-state index contributed by atoms with van der Waals surface area (Å²) in [6.45, 7) is 4.56. The first-order valence-electron chi connectivity index (χ1n) is 15.0. The van der Waals surface area contributed by atoms with Crippen molar-refractivity contribution in [3.05, 3.63) is 71.1 Å². The molecule has 2 aromatic carbocycles. The van der Waals surface area contributed by atoms with E-state index in [1.54, 1.807) is 0 Å². The number of hydrogen-bond acceptors (Lipinski definition) is 3. The fourth-order valence-corrected chi connectivity index (χ4v) is 5.69. The first-order chi connectivity index (χ1) is 18.2. The molecule has 0 amide bonds. The van der Waals surface area contributed by atoms with Crippen LogP contribution in [0.1, 0.15) is 126 Å². The van der Waals surface area contributed by atoms with Crippen molar-refractivity contribution in [3.8, 4) is 11.4 Å². The van der Waals surface area contributed by atoms with Gasteiger partial charge in [-0.25, -0.2) is 0 Å². The van der Waals surface area contributed by atoms with Crippen LogP contribution in [0.4, 0.5) is 0 Å². The Hall–Kier alpha value is -2.68. The van der Waals surface area contributed by atoms with Crippen molar-refractivity contribution in [2.45, 2.75) is 110 Å². The van der Waals surface area contributed by atoms with Crippen LogP contribution in [-0.2, 0) is 6.42 Å². The van der Waals surface area contributed by atoms with Gasteiger partial charge < -0.3 is 4.52 Å². The minimum absolute atomic E-state index is 0.542. The Kier molecular flexibility index (Phi) is 11.0. The molecule has 1 heterocycles. The summed E-state index contributed by atoms with van der Waals surface area (Å²) in [4.78, 5) is 4.60. The Morgan fingerprint density at radius 3 is 2.19 bits per heavy atom. The maximum Gasteiger partial charge on any atom is 0.250 e. The first kappa shape index (κ1) is 27.4. The summed E-state index contributed by atoms with van der Waals surface area (Å²) in [6, 6.07) is 17.7. The van der Waals surface area contributed by atoms with E-state index in [9.17, 15) is 0 Å². The van der Waals surface area contributed by atoms with E-state index in [4.69, 9.17) is 4.52 Å². The fourth-order valence-electron chi connectivity index (χ4n) is 5.69. The second kappa shape index (κ2) is 14.9. The van der Waals surface area contributed by atoms with Crippen LogP contribution < -0.4 is 0 Å². The van der Waals surface area contributed by atoms with E-state index in [0.29, 0.717) is 17.6 Å². The van der Waals surface area contributed by atoms with Gasteiger partial charge in [0.15, 0.2) is 0 Å². The molecule has 1 saturated carbocycles. The summed E-state index contributed by atoms with van der Waals surface area (Å²) in [5.41, 5.74) is 5.04. The molecule has 0 saturated heterocycles. The average molecular weight is 499 g/mol. The molecule has 0 unspecified atom stereocenters. The van der Waals surface area contributed by atoms with E-state index in [-0.39, 0.29) is 0 Å². The Morgan fingerprint density at radius 2 is 1.46 bits per heavy atom. The second-order valence-electron chi connectivity index (χ2n) is 11.0. The van der Waals surface area contributed by atoms with Crippen LogP contribution in [-0.4, -0.2) is 10.1 Å². The first-order valence-corrected chi connectivity index (χ1v) is 15.0. The number of aryl methyl sites for hydroxylation is 1. The lowest BCUT2D eigenvalue weighted by molar-refractivity contribution is 0.303. The Balaban J connectivity index is 1.25. The summed E-state index contributed by atoms with van der Waals surface area (Å²) in [5, 5.41) is 4.22. The van der Waals surface area contributed by atoms with Gasteiger partial charge in [0, 0.05) is 11.6 Å². The van der Waals surface area contributed by atoms with Crippen LogP contribution in [0.15, 0.2) is 53.1 Å². The Labute approximate surface area is 224 Å². The van der Waals surface area contributed by atoms with Gasteiger partial charge in [0.1, 0.15) is 0 Å². The highest BCUT2D eigenvalue weighted by atomic mass is 16.5. The number of aromatic nitrogens is 2. The van der Waals surface area contributed by atoms with Crippen molar-refractivity contribution in [2.75, 3.05) is 0 Å². The van der Waals surface area contributed by atoms with Gasteiger partial charge in [-0.15, -0.1) is 0 Å². The summed E-state index contributed by atoms with van der Waals surface area (Å²) in [7, 11) is 0. The summed E-state index contributed by atoms with van der Waals surface area (Å²) < 4.78 is 5.50. The zero-order valence-electron chi connectivity index (χ0n) is 23.1. The minimum Gasteiger partial charge on any atom is -0.334 e. The highest BCUT2D eigenvalue weighted by molar-refractivity contribution is 5.67. The lowest BCUT2D eigenvalue weighted by Gasteiger charge is -2.29. The van der Waals surface area contributed by atoms with Crippen LogP contribution in [0.5, 0.6) is 0 Å². The number of rotatable bonds is 14. The van der Waals surface area contributed by atoms with E-state index in [1.807, 2.05) is 12.2 Å². The number of benzene rings is 2. The highest BCUT2D eigenvalue weighted by Crippen LogP contribution is 2.38. The minimum atomic E-state index is 0.542. The van der Waals surface area contributed by atoms with Gasteiger partial charge in [-0.1, -0.05) is 119 Å². The highest BCUT2D eigenvalue weighted by Gasteiger charge is 2.22. The Bertz CT molecular complexity index is 1060. The van der Waals surface area contributed by atoms with Crippen molar-refractivity contribution in [1.29, 1.82) is 0 Å². The van der Waals surface area contributed by atoms with Crippen molar-refractivity contribution in [1.82, 2.24) is 10.1 Å². The molecule has 0 atom stereocenters. The van der Waals surface area contributed by atoms with E-state index in [2.05, 4.69) is 72.5 Å². The third kappa shape index (κ3) is 8.69. The summed E-state index contributed by atoms with van der Waals surface area (Å²) in [5.74, 6) is 2.85. The van der Waals surface area contributed by atoms with Gasteiger partial charge >= 0.3 is 0 Å². The molecular weight excluding hydrogens is 452 g/mol. The third-order valence-electron chi connectivity index (χ3n) is 8.11. The van der Waals surface area contributed by atoms with Crippen molar-refractivity contribution in [3.63, 3.8) is 0 Å². The second-order valence-corrected chi connectivity index (χ2v) is 11.0. The number of hydrogen-bond donors (Lipinski definition) is 0. The smallest absolute Gasteiger partial charge is 0.250 e. The van der Waals surface area contributed by atoms with E-state index < -0.39 is 0 Å². The zero-order chi connectivity index (χ0) is 25.7. The van der Waals surface area contributed by atoms with Crippen molar-refractivity contribution in [2.24, 2.45) is 5.92 Å². The normalized spacial score (nSPS) is 18.0. The van der Waals surface area contributed by atoms with Gasteiger partial charge in [-0.05, 0) is 73.1 Å². The van der Waals surface area contributed by atoms with Crippen molar-refractivity contribution >= 4 is 12.2 Å². The van der Waals surface area contributed by atoms with Crippen LogP contribution in [0.25, 0.3) is 23.5 Å². The number of unbranched alkanes of at least 4 members (excludes halogenated alkanes) is 6. The van der Waals surface area contributed by atoms with Crippen LogP contribution in [0.2, 0.25) is 0 Å². The van der Waals surface area contributed by atoms with Gasteiger partial charge in [0.05, 0.1) is 0 Å². The average Bonchev–Trinajstić information content (AvgIpc) is 3.42. The fraction of sp³-hybridized carbons (Fsp3) is 0.529. The van der Waals surface area contributed by atoms with Crippen molar-refractivity contribution < 1.29 is 4.52 Å². The van der Waals surface area contributed by atoms with E-state index in [1.165, 1.54) is 101 Å². The molecule has 0 N–H and O–H groups in total. The molecule has 0 spiro atoms. The molecule has 0 aliphatic heterocycles. The summed E-state index contributed by atoms with van der Waals surface area (Å²) >= 11 is 0. The van der Waals surface area contributed by atoms with Gasteiger partial charge in [0.2, 0.25) is 5.82 Å². The molecule has 1 aliphatic rings. The Morgan fingerprint density at radius 1 is 0.757 bits per heavy atom. The molecule has 0 radical (unpaired) electrons. The molecule has 3 aromatic rings. The largest absolute Gasteiger partial charge is 0.334 e. The molecule has 3 heteroatoms. The molecule has 4 rings (SSSR count). The standard InChI is InChI=1S/C34H46N2O/c1-3-5-7-8-10-12-27-13-15-29(16-14-27)19-26-33-35-34(36-37-33)32-24-22-31(23-25-32)30-20-17-28(18-21-30)11-9-6-4-2/h13-16,19,22-26,28,30H,3-12,17-18,20-21H2,1-2H3/b26-19+. The maximum atomic E-state index is 5.50. The molecule has 1 aliphatic carbocycles. The molecule has 1 fully saturated rings. The van der Waals surface area contributed by atoms with E-state index in [0.717, 1.165) is 17.0 Å². The molecule has 3 nitrogen and oxygen atoms in total. The molecule has 37 heavy (non-hydrogen) atoms. The zero-order valence-corrected chi connectivity index (χ0v) is 23.1. The topological polar surface area (TPSA) is 38.9 Å². The van der Waals surface area contributed by atoms with E-state index >= 15 is 0 Å². The third-order valence-corrected chi connectivity index (χ3v) is 8.11. The molecule has 198 valence electrons. The predicted molar refractivity (Wildman–Crippen MR) is 156 cm³/mol. The monoisotopic (exact) mass is 498 g/mol. The number of nitrogens with zero attached hydrogens (tertiary/aromatic N) is 2. The van der Waals surface area contributed by atoms with Gasteiger partial charge in [-0.3, -0.25) is 0 Å². The lowest BCUT2D eigenvalue weighted by atomic mass is 9.77. The van der Waals surface area contributed by atoms with Gasteiger partial charge in [0.25, 0.3) is 5.89 Å². The SMILES string of the molecule is CCCCCCCc1ccc(/C=C/c2nc(-c3ccc(C4CCC(CCCCC)CC4)cc3)no2)cc1. The quantitative estimate of drug-likeness (QED) is 0.207. The van der Waals surface area contributed by atoms with Crippen LogP contribution in [0.3, 0.4) is 0 Å². The predicted octanol–water partition coefficient (Wildman–Crippen LogP) is 10.3.